The number of nitrogens with two attached hydrogens (primary N) is 2. The number of carbonyl (C=O) groups excluding carboxylic acids is 2. The van der Waals surface area contributed by atoms with Gasteiger partial charge in [-0.2, -0.15) is 0 Å². The van der Waals surface area contributed by atoms with E-state index in [1.54, 1.807) is 38.1 Å². The highest BCUT2D eigenvalue weighted by molar-refractivity contribution is 5.93. The predicted octanol–water partition coefficient (Wildman–Crippen LogP) is -0.681. The quantitative estimate of drug-likeness (QED) is 0.216. The molecule has 1 aromatic rings. The molecule has 0 spiro atoms. The SMILES string of the molecule is CC(C)[C@H](NC(=O)[C@H](CC(=O)O)NC(=O)Cc1ccc(N=C(N)N)cc1)C(=O)O. The van der Waals surface area contributed by atoms with Crippen LogP contribution in [0.2, 0.25) is 0 Å². The molecule has 0 radical (unpaired) electrons. The third kappa shape index (κ3) is 8.28. The zero-order chi connectivity index (χ0) is 22.1. The van der Waals surface area contributed by atoms with Crippen LogP contribution in [0.15, 0.2) is 29.3 Å². The van der Waals surface area contributed by atoms with Gasteiger partial charge in [0, 0.05) is 0 Å². The Morgan fingerprint density at radius 1 is 1.03 bits per heavy atom. The van der Waals surface area contributed by atoms with Gasteiger partial charge in [0.15, 0.2) is 5.96 Å². The predicted molar refractivity (Wildman–Crippen MR) is 104 cm³/mol. The summed E-state index contributed by atoms with van der Waals surface area (Å²) in [5.74, 6) is -4.60. The summed E-state index contributed by atoms with van der Waals surface area (Å²) in [7, 11) is 0. The van der Waals surface area contributed by atoms with Crippen molar-refractivity contribution in [3.8, 4) is 0 Å². The lowest BCUT2D eigenvalue weighted by atomic mass is 10.0. The summed E-state index contributed by atoms with van der Waals surface area (Å²) >= 11 is 0. The summed E-state index contributed by atoms with van der Waals surface area (Å²) in [6, 6.07) is 3.76. The molecule has 2 atom stereocenters. The van der Waals surface area contributed by atoms with Crippen LogP contribution in [0.25, 0.3) is 0 Å². The van der Waals surface area contributed by atoms with Gasteiger partial charge in [0.25, 0.3) is 0 Å². The molecule has 0 aromatic heterocycles. The highest BCUT2D eigenvalue weighted by Crippen LogP contribution is 2.13. The molecule has 0 heterocycles. The number of rotatable bonds is 10. The normalized spacial score (nSPS) is 12.5. The van der Waals surface area contributed by atoms with E-state index in [1.165, 1.54) is 0 Å². The summed E-state index contributed by atoms with van der Waals surface area (Å²) < 4.78 is 0. The van der Waals surface area contributed by atoms with E-state index in [0.717, 1.165) is 0 Å². The van der Waals surface area contributed by atoms with Crippen LogP contribution in [0.3, 0.4) is 0 Å². The van der Waals surface area contributed by atoms with Crippen molar-refractivity contribution in [2.45, 2.75) is 38.8 Å². The maximum absolute atomic E-state index is 12.3. The summed E-state index contributed by atoms with van der Waals surface area (Å²) in [4.78, 5) is 50.7. The molecule has 0 unspecified atom stereocenters. The number of amides is 2. The van der Waals surface area contributed by atoms with Crippen LogP contribution in [0, 0.1) is 5.92 Å². The molecule has 0 aliphatic carbocycles. The van der Waals surface area contributed by atoms with Crippen LogP contribution in [-0.4, -0.2) is 52.0 Å². The average molecular weight is 407 g/mol. The first kappa shape index (κ1) is 23.4. The molecule has 0 fully saturated rings. The third-order valence-corrected chi connectivity index (χ3v) is 3.82. The minimum absolute atomic E-state index is 0.112. The number of carboxylic acids is 2. The summed E-state index contributed by atoms with van der Waals surface area (Å²) in [6.45, 7) is 3.19. The van der Waals surface area contributed by atoms with E-state index in [4.69, 9.17) is 21.7 Å². The van der Waals surface area contributed by atoms with Gasteiger partial charge in [-0.05, 0) is 23.6 Å². The summed E-state index contributed by atoms with van der Waals surface area (Å²) in [6.07, 6.45) is -0.816. The van der Waals surface area contributed by atoms with Crippen molar-refractivity contribution in [3.05, 3.63) is 29.8 Å². The molecule has 1 rings (SSSR count). The summed E-state index contributed by atoms with van der Waals surface area (Å²) in [5.41, 5.74) is 11.6. The topological polar surface area (TPSA) is 197 Å². The van der Waals surface area contributed by atoms with Gasteiger partial charge in [-0.15, -0.1) is 0 Å². The molecular weight excluding hydrogens is 382 g/mol. The van der Waals surface area contributed by atoms with Crippen molar-refractivity contribution in [2.24, 2.45) is 22.4 Å². The number of carboxylic acid groups (broad SMARTS) is 2. The first-order chi connectivity index (χ1) is 13.5. The first-order valence-electron chi connectivity index (χ1n) is 8.72. The monoisotopic (exact) mass is 407 g/mol. The van der Waals surface area contributed by atoms with Gasteiger partial charge in [0.1, 0.15) is 12.1 Å². The number of guanidine groups is 1. The maximum atomic E-state index is 12.3. The van der Waals surface area contributed by atoms with E-state index in [0.29, 0.717) is 11.3 Å². The zero-order valence-electron chi connectivity index (χ0n) is 16.1. The van der Waals surface area contributed by atoms with Crippen LogP contribution in [-0.2, 0) is 25.6 Å². The second kappa shape index (κ2) is 10.6. The lowest BCUT2D eigenvalue weighted by Crippen LogP contribution is -2.53. The third-order valence-electron chi connectivity index (χ3n) is 3.82. The molecule has 1 aromatic carbocycles. The fourth-order valence-corrected chi connectivity index (χ4v) is 2.42. The first-order valence-corrected chi connectivity index (χ1v) is 8.72. The summed E-state index contributed by atoms with van der Waals surface area (Å²) in [5, 5.41) is 22.8. The second-order valence-electron chi connectivity index (χ2n) is 6.67. The standard InChI is InChI=1S/C18H25N5O6/c1-9(2)15(17(28)29)23-16(27)12(8-14(25)26)22-13(24)7-10-3-5-11(6-4-10)21-18(19)20/h3-6,9,12,15H,7-8H2,1-2H3,(H,22,24)(H,23,27)(H,25,26)(H,28,29)(H4,19,20,21)/t12-,15-/m0/s1. The van der Waals surface area contributed by atoms with E-state index >= 15 is 0 Å². The fourth-order valence-electron chi connectivity index (χ4n) is 2.42. The van der Waals surface area contributed by atoms with Gasteiger partial charge in [0.2, 0.25) is 11.8 Å². The Morgan fingerprint density at radius 2 is 1.62 bits per heavy atom. The fraction of sp³-hybridized carbons (Fsp3) is 0.389. The van der Waals surface area contributed by atoms with Gasteiger partial charge in [-0.1, -0.05) is 26.0 Å². The lowest BCUT2D eigenvalue weighted by molar-refractivity contribution is -0.144. The molecule has 0 aliphatic heterocycles. The number of carbonyl (C=O) groups is 4. The molecular formula is C18H25N5O6. The van der Waals surface area contributed by atoms with E-state index < -0.39 is 48.2 Å². The van der Waals surface area contributed by atoms with Crippen LogP contribution < -0.4 is 22.1 Å². The Hall–Kier alpha value is -3.63. The van der Waals surface area contributed by atoms with Crippen LogP contribution in [0.4, 0.5) is 5.69 Å². The smallest absolute Gasteiger partial charge is 0.326 e. The largest absolute Gasteiger partial charge is 0.481 e. The van der Waals surface area contributed by atoms with Crippen molar-refractivity contribution < 1.29 is 29.4 Å². The van der Waals surface area contributed by atoms with Crippen molar-refractivity contribution in [3.63, 3.8) is 0 Å². The molecule has 0 saturated carbocycles. The molecule has 8 N–H and O–H groups in total. The molecule has 0 saturated heterocycles. The Kier molecular flexibility index (Phi) is 8.59. The van der Waals surface area contributed by atoms with Gasteiger partial charge >= 0.3 is 11.9 Å². The van der Waals surface area contributed by atoms with Crippen LogP contribution in [0.5, 0.6) is 0 Å². The molecule has 11 heteroatoms. The number of aliphatic imine (C=N–C) groups is 1. The van der Waals surface area contributed by atoms with Gasteiger partial charge < -0.3 is 32.3 Å². The Balaban J connectivity index is 2.82. The number of nitrogens with zero attached hydrogens (tertiary/aromatic N) is 1. The maximum Gasteiger partial charge on any atom is 0.326 e. The Labute approximate surface area is 167 Å². The van der Waals surface area contributed by atoms with Crippen molar-refractivity contribution in [2.75, 3.05) is 0 Å². The van der Waals surface area contributed by atoms with Crippen LogP contribution >= 0.6 is 0 Å². The van der Waals surface area contributed by atoms with Gasteiger partial charge in [-0.3, -0.25) is 14.4 Å². The number of benzene rings is 1. The van der Waals surface area contributed by atoms with Crippen molar-refractivity contribution in [1.29, 1.82) is 0 Å². The van der Waals surface area contributed by atoms with E-state index in [1.807, 2.05) is 0 Å². The molecule has 0 aliphatic rings. The highest BCUT2D eigenvalue weighted by atomic mass is 16.4. The molecule has 29 heavy (non-hydrogen) atoms. The number of nitrogens with one attached hydrogen (secondary N) is 2. The Morgan fingerprint density at radius 3 is 2.07 bits per heavy atom. The van der Waals surface area contributed by atoms with Crippen molar-refractivity contribution >= 4 is 35.4 Å². The minimum Gasteiger partial charge on any atom is -0.481 e. The zero-order valence-corrected chi connectivity index (χ0v) is 16.1. The Bertz CT molecular complexity index is 786. The number of hydrogen-bond donors (Lipinski definition) is 6. The molecule has 0 bridgehead atoms. The molecule has 11 nitrogen and oxygen atoms in total. The van der Waals surface area contributed by atoms with E-state index in [9.17, 15) is 19.2 Å². The second-order valence-corrected chi connectivity index (χ2v) is 6.67. The number of aliphatic carboxylic acids is 2. The average Bonchev–Trinajstić information content (AvgIpc) is 2.59. The number of hydrogen-bond acceptors (Lipinski definition) is 5. The van der Waals surface area contributed by atoms with Gasteiger partial charge in [-0.25, -0.2) is 9.79 Å². The van der Waals surface area contributed by atoms with E-state index in [-0.39, 0.29) is 12.4 Å². The van der Waals surface area contributed by atoms with Crippen LogP contribution in [0.1, 0.15) is 25.8 Å². The highest BCUT2D eigenvalue weighted by Gasteiger charge is 2.29. The van der Waals surface area contributed by atoms with Crippen molar-refractivity contribution in [1.82, 2.24) is 10.6 Å². The lowest BCUT2D eigenvalue weighted by Gasteiger charge is -2.22. The molecule has 158 valence electrons. The minimum atomic E-state index is -1.42. The van der Waals surface area contributed by atoms with E-state index in [2.05, 4.69) is 15.6 Å². The van der Waals surface area contributed by atoms with Gasteiger partial charge in [0.05, 0.1) is 18.5 Å². The molecule has 2 amide bonds.